The summed E-state index contributed by atoms with van der Waals surface area (Å²) in [6.45, 7) is 0.804. The molecule has 0 saturated heterocycles. The summed E-state index contributed by atoms with van der Waals surface area (Å²) in [4.78, 5) is 0. The Morgan fingerprint density at radius 2 is 1.72 bits per heavy atom. The van der Waals surface area contributed by atoms with E-state index in [9.17, 15) is 0 Å². The topological polar surface area (TPSA) is 32.3 Å². The van der Waals surface area contributed by atoms with Gasteiger partial charge in [-0.25, -0.2) is 0 Å². The molecule has 4 heteroatoms. The van der Waals surface area contributed by atoms with Gasteiger partial charge in [0.25, 0.3) is 0 Å². The van der Waals surface area contributed by atoms with Crippen LogP contribution in [0.1, 0.15) is 11.1 Å². The molecule has 2 N–H and O–H groups in total. The lowest BCUT2D eigenvalue weighted by atomic mass is 10.2. The highest BCUT2D eigenvalue weighted by Gasteiger charge is 1.99. The molecule has 0 aliphatic rings. The third kappa shape index (κ3) is 3.48. The Balaban J connectivity index is 1.99. The molecule has 0 amide bonds. The summed E-state index contributed by atoms with van der Waals surface area (Å²) >= 11 is 9.34. The van der Waals surface area contributed by atoms with Crippen LogP contribution in [0.3, 0.4) is 0 Å². The Hall–Kier alpha value is -1.03. The number of nitrogens with one attached hydrogen (secondary N) is 1. The zero-order valence-corrected chi connectivity index (χ0v) is 12.0. The first kappa shape index (κ1) is 13.4. The van der Waals surface area contributed by atoms with Gasteiger partial charge in [0.2, 0.25) is 0 Å². The second kappa shape index (κ2) is 6.23. The molecule has 0 aliphatic heterocycles. The lowest BCUT2D eigenvalue weighted by molar-refractivity contribution is 0.282. The largest absolute Gasteiger partial charge is 0.392 e. The van der Waals surface area contributed by atoms with Gasteiger partial charge in [-0.05, 0) is 51.3 Å². The van der Waals surface area contributed by atoms with E-state index >= 15 is 0 Å². The van der Waals surface area contributed by atoms with Crippen LogP contribution in [0.15, 0.2) is 46.9 Å². The lowest BCUT2D eigenvalue weighted by Gasteiger charge is -2.08. The average Bonchev–Trinajstić information content (AvgIpc) is 2.41. The summed E-state index contributed by atoms with van der Waals surface area (Å²) in [6, 6.07) is 13.6. The Morgan fingerprint density at radius 3 is 2.33 bits per heavy atom. The summed E-state index contributed by atoms with van der Waals surface area (Å²) in [6.07, 6.45) is 0. The number of hydrogen-bond donors (Lipinski definition) is 2. The molecule has 18 heavy (non-hydrogen) atoms. The summed E-state index contributed by atoms with van der Waals surface area (Å²) in [5.74, 6) is 0. The maximum absolute atomic E-state index is 8.95. The van der Waals surface area contributed by atoms with E-state index in [1.807, 2.05) is 42.5 Å². The number of aliphatic hydroxyl groups is 1. The highest BCUT2D eigenvalue weighted by Crippen LogP contribution is 2.23. The predicted octanol–water partition coefficient (Wildman–Crippen LogP) is 4.21. The Morgan fingerprint density at radius 1 is 1.06 bits per heavy atom. The van der Waals surface area contributed by atoms with Crippen LogP contribution >= 0.6 is 27.5 Å². The molecule has 0 unspecified atom stereocenters. The van der Waals surface area contributed by atoms with E-state index in [1.54, 1.807) is 0 Å². The molecule has 0 atom stereocenters. The summed E-state index contributed by atoms with van der Waals surface area (Å²) in [7, 11) is 0. The maximum Gasteiger partial charge on any atom is 0.0681 e. The monoisotopic (exact) mass is 325 g/mol. The van der Waals surface area contributed by atoms with Crippen molar-refractivity contribution in [3.63, 3.8) is 0 Å². The first-order valence-electron chi connectivity index (χ1n) is 5.56. The smallest absolute Gasteiger partial charge is 0.0681 e. The zero-order chi connectivity index (χ0) is 13.0. The highest BCUT2D eigenvalue weighted by molar-refractivity contribution is 9.10. The molecule has 0 heterocycles. The molecule has 0 aliphatic carbocycles. The third-order valence-electron chi connectivity index (χ3n) is 2.62. The Labute approximate surface area is 120 Å². The summed E-state index contributed by atoms with van der Waals surface area (Å²) < 4.78 is 0.902. The minimum absolute atomic E-state index is 0.0738. The van der Waals surface area contributed by atoms with Crippen LogP contribution in [-0.2, 0) is 13.2 Å². The van der Waals surface area contributed by atoms with Gasteiger partial charge in [0, 0.05) is 16.7 Å². The number of rotatable bonds is 4. The fourth-order valence-corrected chi connectivity index (χ4v) is 2.13. The normalized spacial score (nSPS) is 10.4. The minimum atomic E-state index is 0.0738. The molecule has 0 aromatic heterocycles. The molecule has 2 nitrogen and oxygen atoms in total. The predicted molar refractivity (Wildman–Crippen MR) is 78.8 cm³/mol. The first-order chi connectivity index (χ1) is 8.69. The average molecular weight is 327 g/mol. The van der Waals surface area contributed by atoms with Crippen LogP contribution in [0, 0.1) is 0 Å². The third-order valence-corrected chi connectivity index (χ3v) is 3.83. The standard InChI is InChI=1S/C14H13BrClNO/c15-13-7-11(3-6-14(13)16)8-17-12-4-1-10(9-18)2-5-12/h1-7,17-18H,8-9H2. The molecule has 0 bridgehead atoms. The van der Waals surface area contributed by atoms with Crippen molar-refractivity contribution in [3.05, 3.63) is 63.1 Å². The number of benzene rings is 2. The highest BCUT2D eigenvalue weighted by atomic mass is 79.9. The van der Waals surface area contributed by atoms with Gasteiger partial charge < -0.3 is 10.4 Å². The van der Waals surface area contributed by atoms with Crippen LogP contribution in [0.2, 0.25) is 5.02 Å². The van der Waals surface area contributed by atoms with Crippen LogP contribution in [0.4, 0.5) is 5.69 Å². The molecule has 0 radical (unpaired) electrons. The van der Waals surface area contributed by atoms with Gasteiger partial charge in [-0.15, -0.1) is 0 Å². The van der Waals surface area contributed by atoms with E-state index < -0.39 is 0 Å². The maximum atomic E-state index is 8.95. The number of halogens is 2. The van der Waals surface area contributed by atoms with E-state index in [4.69, 9.17) is 16.7 Å². The molecule has 2 aromatic rings. The summed E-state index contributed by atoms with van der Waals surface area (Å²) in [5, 5.41) is 13.0. The van der Waals surface area contributed by atoms with Gasteiger partial charge in [0.15, 0.2) is 0 Å². The quantitative estimate of drug-likeness (QED) is 0.882. The van der Waals surface area contributed by atoms with Crippen LogP contribution < -0.4 is 5.32 Å². The minimum Gasteiger partial charge on any atom is -0.392 e. The Kier molecular flexibility index (Phi) is 4.64. The van der Waals surface area contributed by atoms with E-state index in [0.29, 0.717) is 5.02 Å². The van der Waals surface area contributed by atoms with Crippen LogP contribution in [0.5, 0.6) is 0 Å². The summed E-state index contributed by atoms with van der Waals surface area (Å²) in [5.41, 5.74) is 3.09. The van der Waals surface area contributed by atoms with Gasteiger partial charge in [-0.2, -0.15) is 0 Å². The number of aliphatic hydroxyl groups excluding tert-OH is 1. The van der Waals surface area contributed by atoms with E-state index in [0.717, 1.165) is 27.8 Å². The Bertz CT molecular complexity index is 528. The van der Waals surface area contributed by atoms with Gasteiger partial charge >= 0.3 is 0 Å². The van der Waals surface area contributed by atoms with E-state index in [1.165, 1.54) is 0 Å². The van der Waals surface area contributed by atoms with Gasteiger partial charge in [0.1, 0.15) is 0 Å². The molecule has 94 valence electrons. The molecule has 0 spiro atoms. The van der Waals surface area contributed by atoms with E-state index in [2.05, 4.69) is 21.2 Å². The molecular weight excluding hydrogens is 314 g/mol. The first-order valence-corrected chi connectivity index (χ1v) is 6.74. The van der Waals surface area contributed by atoms with Gasteiger partial charge in [0.05, 0.1) is 11.6 Å². The fraction of sp³-hybridized carbons (Fsp3) is 0.143. The van der Waals surface area contributed by atoms with Crippen molar-refractivity contribution in [2.45, 2.75) is 13.2 Å². The van der Waals surface area contributed by atoms with Crippen molar-refractivity contribution in [2.75, 3.05) is 5.32 Å². The van der Waals surface area contributed by atoms with Crippen molar-refractivity contribution in [3.8, 4) is 0 Å². The van der Waals surface area contributed by atoms with Gasteiger partial charge in [-0.3, -0.25) is 0 Å². The molecule has 0 saturated carbocycles. The van der Waals surface area contributed by atoms with Crippen molar-refractivity contribution >= 4 is 33.2 Å². The number of hydrogen-bond acceptors (Lipinski definition) is 2. The molecule has 2 rings (SSSR count). The van der Waals surface area contributed by atoms with E-state index in [-0.39, 0.29) is 6.61 Å². The molecule has 2 aromatic carbocycles. The number of anilines is 1. The fourth-order valence-electron chi connectivity index (χ4n) is 1.58. The van der Waals surface area contributed by atoms with Crippen molar-refractivity contribution in [2.24, 2.45) is 0 Å². The lowest BCUT2D eigenvalue weighted by Crippen LogP contribution is -1.99. The SMILES string of the molecule is OCc1ccc(NCc2ccc(Cl)c(Br)c2)cc1. The molecule has 0 fully saturated rings. The van der Waals surface area contributed by atoms with Crippen LogP contribution in [0.25, 0.3) is 0 Å². The second-order valence-corrected chi connectivity index (χ2v) is 5.22. The van der Waals surface area contributed by atoms with Crippen molar-refractivity contribution < 1.29 is 5.11 Å². The van der Waals surface area contributed by atoms with Crippen LogP contribution in [-0.4, -0.2) is 5.11 Å². The van der Waals surface area contributed by atoms with Crippen molar-refractivity contribution in [1.82, 2.24) is 0 Å². The van der Waals surface area contributed by atoms with Crippen molar-refractivity contribution in [1.29, 1.82) is 0 Å². The second-order valence-electron chi connectivity index (χ2n) is 3.96. The van der Waals surface area contributed by atoms with Gasteiger partial charge in [-0.1, -0.05) is 29.8 Å². The molecular formula is C14H13BrClNO. The zero-order valence-electron chi connectivity index (χ0n) is 9.66.